The molecule has 0 aliphatic carbocycles. The lowest BCUT2D eigenvalue weighted by Gasteiger charge is -2.24. The molecule has 360 valence electrons. The molecule has 0 saturated heterocycles. The van der Waals surface area contributed by atoms with Crippen LogP contribution >= 0.6 is 7.82 Å². The Morgan fingerprint density at radius 1 is 0.516 bits per heavy atom. The molecule has 0 rings (SSSR count). The van der Waals surface area contributed by atoms with E-state index >= 15 is 0 Å². The number of esters is 1. The van der Waals surface area contributed by atoms with E-state index in [0.29, 0.717) is 24.1 Å². The van der Waals surface area contributed by atoms with Crippen LogP contribution in [0.25, 0.3) is 0 Å². The number of likely N-dealkylation sites (N-methyl/N-ethyl adjacent to an activating group) is 1. The molecule has 0 bridgehead atoms. The highest BCUT2D eigenvalue weighted by Crippen LogP contribution is 2.43. The Bertz CT molecular complexity index is 1220. The lowest BCUT2D eigenvalue weighted by Crippen LogP contribution is -2.37. The van der Waals surface area contributed by atoms with E-state index in [9.17, 15) is 14.3 Å². The third kappa shape index (κ3) is 49.0. The molecule has 8 nitrogen and oxygen atoms in total. The molecule has 0 fully saturated rings. The number of quaternary nitrogens is 1. The third-order valence-electron chi connectivity index (χ3n) is 10.5. The summed E-state index contributed by atoms with van der Waals surface area (Å²) in [4.78, 5) is 23.0. The number of hydrogen-bond donors (Lipinski definition) is 1. The minimum atomic E-state index is -4.29. The molecule has 2 unspecified atom stereocenters. The van der Waals surface area contributed by atoms with Gasteiger partial charge in [0.15, 0.2) is 0 Å². The Kier molecular flexibility index (Phi) is 44.0. The van der Waals surface area contributed by atoms with Crippen molar-refractivity contribution >= 4 is 13.8 Å². The lowest BCUT2D eigenvalue weighted by atomic mass is 10.1. The second-order valence-electron chi connectivity index (χ2n) is 17.8. The molecule has 0 aromatic carbocycles. The fourth-order valence-electron chi connectivity index (χ4n) is 6.63. The number of hydrogen-bond acceptors (Lipinski definition) is 6. The molecule has 0 spiro atoms. The zero-order valence-corrected chi connectivity index (χ0v) is 41.7. The Morgan fingerprint density at radius 3 is 1.42 bits per heavy atom. The minimum absolute atomic E-state index is 0.0833. The van der Waals surface area contributed by atoms with Crippen LogP contribution in [0, 0.1) is 0 Å². The van der Waals surface area contributed by atoms with E-state index in [1.165, 1.54) is 109 Å². The molecular weight excluding hydrogens is 794 g/mol. The molecule has 0 amide bonds. The largest absolute Gasteiger partial charge is 0.472 e. The maximum atomic E-state index is 12.8. The zero-order valence-electron chi connectivity index (χ0n) is 40.8. The number of carbonyl (C=O) groups excluding carboxylic acids is 1. The molecule has 62 heavy (non-hydrogen) atoms. The number of nitrogens with zero attached hydrogens (tertiary/aromatic N) is 1. The molecule has 0 aliphatic rings. The van der Waals surface area contributed by atoms with Crippen molar-refractivity contribution in [1.29, 1.82) is 0 Å². The van der Waals surface area contributed by atoms with E-state index in [2.05, 4.69) is 86.8 Å². The maximum Gasteiger partial charge on any atom is 0.472 e. The van der Waals surface area contributed by atoms with Crippen LogP contribution in [-0.2, 0) is 27.9 Å². The number of rotatable bonds is 46. The molecule has 0 heterocycles. The fourth-order valence-corrected chi connectivity index (χ4v) is 7.37. The van der Waals surface area contributed by atoms with Crippen LogP contribution in [0.1, 0.15) is 200 Å². The van der Waals surface area contributed by atoms with Gasteiger partial charge in [-0.25, -0.2) is 4.57 Å². The number of unbranched alkanes of at least 4 members (excludes halogenated alkanes) is 20. The summed E-state index contributed by atoms with van der Waals surface area (Å²) >= 11 is 0. The summed E-state index contributed by atoms with van der Waals surface area (Å²) in [7, 11) is 1.65. The van der Waals surface area contributed by atoms with Gasteiger partial charge in [-0.15, -0.1) is 0 Å². The van der Waals surface area contributed by atoms with Crippen LogP contribution in [0.5, 0.6) is 0 Å². The highest BCUT2D eigenvalue weighted by Gasteiger charge is 2.26. The summed E-state index contributed by atoms with van der Waals surface area (Å²) in [5.74, 6) is -0.324. The smallest absolute Gasteiger partial charge is 0.457 e. The summed E-state index contributed by atoms with van der Waals surface area (Å²) < 4.78 is 35.1. The van der Waals surface area contributed by atoms with Gasteiger partial charge in [0.25, 0.3) is 0 Å². The summed E-state index contributed by atoms with van der Waals surface area (Å²) in [6.07, 6.45) is 59.4. The van der Waals surface area contributed by atoms with E-state index in [4.69, 9.17) is 18.5 Å². The van der Waals surface area contributed by atoms with Gasteiger partial charge in [0.05, 0.1) is 34.4 Å². The van der Waals surface area contributed by atoms with E-state index < -0.39 is 13.9 Å². The van der Waals surface area contributed by atoms with Gasteiger partial charge in [-0.3, -0.25) is 13.8 Å². The number of allylic oxidation sites excluding steroid dienone is 12. The highest BCUT2D eigenvalue weighted by molar-refractivity contribution is 7.47. The summed E-state index contributed by atoms with van der Waals surface area (Å²) in [5, 5.41) is 0. The third-order valence-corrected chi connectivity index (χ3v) is 11.5. The molecule has 0 aromatic rings. The Balaban J connectivity index is 4.16. The van der Waals surface area contributed by atoms with Gasteiger partial charge < -0.3 is 18.9 Å². The standard InChI is InChI=1S/C53H96NO7P/c1-6-8-10-12-14-16-18-20-22-23-24-25-26-27-28-29-30-31-32-34-36-38-40-42-44-46-53(55)61-52(51-60-62(56,57)59-49-47-54(3,4)5)50-58-48-45-43-41-39-37-35-33-21-19-17-15-13-11-9-7-2/h8,10,14,16,19-22,24-25,27-28,52H,6-7,9,11-13,15,17-18,23,26,29-51H2,1-5H3/p+1/b10-8-,16-14-,21-19-,22-20-,25-24-,28-27-. The minimum Gasteiger partial charge on any atom is -0.457 e. The first kappa shape index (κ1) is 59.9. The van der Waals surface area contributed by atoms with Crippen molar-refractivity contribution in [3.05, 3.63) is 72.9 Å². The van der Waals surface area contributed by atoms with Gasteiger partial charge in [-0.2, -0.15) is 0 Å². The quantitative estimate of drug-likeness (QED) is 0.0214. The highest BCUT2D eigenvalue weighted by atomic mass is 31.2. The van der Waals surface area contributed by atoms with Gasteiger partial charge in [0, 0.05) is 13.0 Å². The van der Waals surface area contributed by atoms with Crippen LogP contribution in [0.4, 0.5) is 0 Å². The van der Waals surface area contributed by atoms with E-state index in [-0.39, 0.29) is 25.8 Å². The van der Waals surface area contributed by atoms with Crippen LogP contribution in [0.15, 0.2) is 72.9 Å². The van der Waals surface area contributed by atoms with Crippen LogP contribution in [0.3, 0.4) is 0 Å². The number of phosphoric ester groups is 1. The molecule has 1 N–H and O–H groups in total. The molecule has 0 aromatic heterocycles. The first-order valence-electron chi connectivity index (χ1n) is 25.2. The number of carbonyl (C=O) groups is 1. The van der Waals surface area contributed by atoms with Gasteiger partial charge in [-0.05, 0) is 83.5 Å². The lowest BCUT2D eigenvalue weighted by molar-refractivity contribution is -0.870. The van der Waals surface area contributed by atoms with Crippen molar-refractivity contribution in [2.24, 2.45) is 0 Å². The first-order valence-corrected chi connectivity index (χ1v) is 26.7. The molecule has 0 saturated carbocycles. The molecule has 0 aliphatic heterocycles. The Morgan fingerprint density at radius 2 is 0.935 bits per heavy atom. The average molecular weight is 891 g/mol. The molecular formula is C53H97NO7P+. The van der Waals surface area contributed by atoms with Gasteiger partial charge >= 0.3 is 13.8 Å². The van der Waals surface area contributed by atoms with Gasteiger partial charge in [0.1, 0.15) is 19.3 Å². The van der Waals surface area contributed by atoms with Crippen LogP contribution in [0.2, 0.25) is 0 Å². The van der Waals surface area contributed by atoms with Crippen molar-refractivity contribution in [2.45, 2.75) is 206 Å². The van der Waals surface area contributed by atoms with E-state index in [0.717, 1.165) is 70.6 Å². The summed E-state index contributed by atoms with van der Waals surface area (Å²) in [5.41, 5.74) is 0. The first-order chi connectivity index (χ1) is 30.1. The SMILES string of the molecule is CC/C=C\C/C=C\C/C=C\C/C=C\C/C=C\CCCCCCCCCCCC(=O)OC(COCCCCCCCC/C=C\CCCCCCC)COP(=O)(O)OCC[N+](C)(C)C. The van der Waals surface area contributed by atoms with Crippen molar-refractivity contribution in [1.82, 2.24) is 0 Å². The normalized spacial score (nSPS) is 14.2. The monoisotopic (exact) mass is 891 g/mol. The summed E-state index contributed by atoms with van der Waals surface area (Å²) in [6, 6.07) is 0. The zero-order chi connectivity index (χ0) is 45.5. The molecule has 0 radical (unpaired) electrons. The van der Waals surface area contributed by atoms with Crippen molar-refractivity contribution in [2.75, 3.05) is 54.1 Å². The van der Waals surface area contributed by atoms with Gasteiger partial charge in [0.2, 0.25) is 0 Å². The summed E-state index contributed by atoms with van der Waals surface area (Å²) in [6.45, 7) is 5.48. The van der Waals surface area contributed by atoms with Crippen LogP contribution in [-0.4, -0.2) is 75.6 Å². The average Bonchev–Trinajstić information content (AvgIpc) is 3.23. The van der Waals surface area contributed by atoms with E-state index in [1.807, 2.05) is 21.1 Å². The second-order valence-corrected chi connectivity index (χ2v) is 19.3. The van der Waals surface area contributed by atoms with Crippen molar-refractivity contribution in [3.63, 3.8) is 0 Å². The molecule has 9 heteroatoms. The Hall–Kier alpha value is -2.06. The predicted octanol–water partition coefficient (Wildman–Crippen LogP) is 15.4. The maximum absolute atomic E-state index is 12.8. The number of phosphoric acid groups is 1. The van der Waals surface area contributed by atoms with Crippen molar-refractivity contribution in [3.8, 4) is 0 Å². The Labute approximate surface area is 383 Å². The van der Waals surface area contributed by atoms with Gasteiger partial charge in [-0.1, -0.05) is 183 Å². The molecule has 2 atom stereocenters. The number of ether oxygens (including phenoxy) is 2. The van der Waals surface area contributed by atoms with E-state index in [1.54, 1.807) is 0 Å². The second kappa shape index (κ2) is 45.5. The van der Waals surface area contributed by atoms with Crippen LogP contribution < -0.4 is 0 Å². The fraction of sp³-hybridized carbons (Fsp3) is 0.755. The topological polar surface area (TPSA) is 91.3 Å². The van der Waals surface area contributed by atoms with Crippen molar-refractivity contribution < 1.29 is 37.3 Å². The predicted molar refractivity (Wildman–Crippen MR) is 265 cm³/mol.